The zero-order valence-corrected chi connectivity index (χ0v) is 17.8. The SMILES string of the molecule is COc1ccc(-c2cc(NC(=O)c3ccc(NC(=O)C4CC4)cc3)ccc2OC(F)F)cc1. The number of carbonyl (C=O) groups is 2. The van der Waals surface area contributed by atoms with Crippen LogP contribution in [-0.4, -0.2) is 25.5 Å². The molecule has 8 heteroatoms. The lowest BCUT2D eigenvalue weighted by Gasteiger charge is -2.14. The van der Waals surface area contributed by atoms with Gasteiger partial charge in [0.15, 0.2) is 0 Å². The van der Waals surface area contributed by atoms with Crippen LogP contribution in [0.4, 0.5) is 20.2 Å². The van der Waals surface area contributed by atoms with Gasteiger partial charge < -0.3 is 20.1 Å². The molecular weight excluding hydrogens is 430 g/mol. The van der Waals surface area contributed by atoms with Crippen molar-refractivity contribution in [2.24, 2.45) is 5.92 Å². The van der Waals surface area contributed by atoms with E-state index >= 15 is 0 Å². The van der Waals surface area contributed by atoms with Crippen molar-refractivity contribution in [2.75, 3.05) is 17.7 Å². The normalized spacial score (nSPS) is 12.8. The van der Waals surface area contributed by atoms with Crippen LogP contribution in [0.3, 0.4) is 0 Å². The Kier molecular flexibility index (Phi) is 6.53. The maximum Gasteiger partial charge on any atom is 0.387 e. The molecule has 1 saturated carbocycles. The summed E-state index contributed by atoms with van der Waals surface area (Å²) in [5.74, 6) is 0.313. The first-order chi connectivity index (χ1) is 15.9. The van der Waals surface area contributed by atoms with Crippen LogP contribution in [0.1, 0.15) is 23.2 Å². The predicted molar refractivity (Wildman–Crippen MR) is 121 cm³/mol. The summed E-state index contributed by atoms with van der Waals surface area (Å²) >= 11 is 0. The van der Waals surface area contributed by atoms with Crippen LogP contribution in [-0.2, 0) is 4.79 Å². The molecule has 33 heavy (non-hydrogen) atoms. The van der Waals surface area contributed by atoms with Crippen molar-refractivity contribution in [2.45, 2.75) is 19.5 Å². The number of methoxy groups -OCH3 is 1. The molecular formula is C25H22F2N2O4. The van der Waals surface area contributed by atoms with Crippen LogP contribution in [0, 0.1) is 5.92 Å². The highest BCUT2D eigenvalue weighted by Gasteiger charge is 2.29. The molecule has 1 aliphatic carbocycles. The summed E-state index contributed by atoms with van der Waals surface area (Å²) in [5, 5.41) is 5.59. The lowest BCUT2D eigenvalue weighted by molar-refractivity contribution is -0.117. The number of ether oxygens (including phenoxy) is 2. The number of anilines is 2. The Morgan fingerprint density at radius 3 is 2.18 bits per heavy atom. The van der Waals surface area contributed by atoms with E-state index < -0.39 is 6.61 Å². The van der Waals surface area contributed by atoms with Gasteiger partial charge in [-0.15, -0.1) is 0 Å². The van der Waals surface area contributed by atoms with E-state index in [-0.39, 0.29) is 23.5 Å². The Hall–Kier alpha value is -3.94. The van der Waals surface area contributed by atoms with Gasteiger partial charge in [0.1, 0.15) is 11.5 Å². The highest BCUT2D eigenvalue weighted by atomic mass is 19.3. The topological polar surface area (TPSA) is 76.7 Å². The van der Waals surface area contributed by atoms with Crippen LogP contribution in [0.2, 0.25) is 0 Å². The van der Waals surface area contributed by atoms with Gasteiger partial charge in [0, 0.05) is 28.4 Å². The Morgan fingerprint density at radius 1 is 0.909 bits per heavy atom. The van der Waals surface area contributed by atoms with E-state index in [4.69, 9.17) is 4.74 Å². The standard InChI is InChI=1S/C25H22F2N2O4/c1-32-20-11-6-15(7-12-20)21-14-19(10-13-22(21)33-25(26)27)29-24(31)17-4-8-18(9-5-17)28-23(30)16-2-3-16/h4-14,16,25H,2-3H2,1H3,(H,28,30)(H,29,31). The van der Waals surface area contributed by atoms with Gasteiger partial charge in [0.2, 0.25) is 5.91 Å². The third-order valence-electron chi connectivity index (χ3n) is 5.22. The molecule has 1 aliphatic rings. The summed E-state index contributed by atoms with van der Waals surface area (Å²) in [4.78, 5) is 24.6. The van der Waals surface area contributed by atoms with Crippen molar-refractivity contribution in [1.29, 1.82) is 0 Å². The first-order valence-electron chi connectivity index (χ1n) is 10.4. The number of nitrogens with one attached hydrogen (secondary N) is 2. The zero-order chi connectivity index (χ0) is 23.4. The minimum atomic E-state index is -2.98. The van der Waals surface area contributed by atoms with Crippen LogP contribution >= 0.6 is 0 Å². The summed E-state index contributed by atoms with van der Waals surface area (Å²) in [5.41, 5.74) is 2.45. The third kappa shape index (κ3) is 5.65. The Balaban J connectivity index is 1.51. The van der Waals surface area contributed by atoms with E-state index in [9.17, 15) is 18.4 Å². The monoisotopic (exact) mass is 452 g/mol. The molecule has 0 aliphatic heterocycles. The van der Waals surface area contributed by atoms with Crippen LogP contribution in [0.15, 0.2) is 66.7 Å². The van der Waals surface area contributed by atoms with E-state index in [2.05, 4.69) is 15.4 Å². The van der Waals surface area contributed by atoms with Gasteiger partial charge in [-0.25, -0.2) is 0 Å². The van der Waals surface area contributed by atoms with Crippen LogP contribution < -0.4 is 20.1 Å². The molecule has 170 valence electrons. The van der Waals surface area contributed by atoms with Gasteiger partial charge in [-0.1, -0.05) is 12.1 Å². The molecule has 4 rings (SSSR count). The van der Waals surface area contributed by atoms with Gasteiger partial charge >= 0.3 is 6.61 Å². The maximum atomic E-state index is 12.9. The van der Waals surface area contributed by atoms with Crippen molar-refractivity contribution in [3.05, 3.63) is 72.3 Å². The van der Waals surface area contributed by atoms with Crippen molar-refractivity contribution >= 4 is 23.2 Å². The average molecular weight is 452 g/mol. The summed E-state index contributed by atoms with van der Waals surface area (Å²) in [6.07, 6.45) is 1.82. The van der Waals surface area contributed by atoms with Gasteiger partial charge in [-0.05, 0) is 73.0 Å². The maximum absolute atomic E-state index is 12.9. The van der Waals surface area contributed by atoms with Gasteiger partial charge in [0.25, 0.3) is 5.91 Å². The first kappa shape index (κ1) is 22.3. The molecule has 0 bridgehead atoms. The molecule has 1 fully saturated rings. The predicted octanol–water partition coefficient (Wildman–Crippen LogP) is 5.56. The lowest BCUT2D eigenvalue weighted by Crippen LogP contribution is -2.14. The molecule has 3 aromatic rings. The molecule has 0 heterocycles. The second-order valence-electron chi connectivity index (χ2n) is 7.61. The Labute approximate surface area is 189 Å². The molecule has 0 aromatic heterocycles. The van der Waals surface area contributed by atoms with Crippen LogP contribution in [0.5, 0.6) is 11.5 Å². The van der Waals surface area contributed by atoms with Crippen molar-refractivity contribution in [3.63, 3.8) is 0 Å². The average Bonchev–Trinajstić information content (AvgIpc) is 3.66. The highest BCUT2D eigenvalue weighted by Crippen LogP contribution is 2.35. The minimum Gasteiger partial charge on any atom is -0.497 e. The van der Waals surface area contributed by atoms with E-state index in [0.717, 1.165) is 12.8 Å². The molecule has 0 spiro atoms. The second-order valence-corrected chi connectivity index (χ2v) is 7.61. The summed E-state index contributed by atoms with van der Waals surface area (Å²) < 4.78 is 35.6. The largest absolute Gasteiger partial charge is 0.497 e. The first-order valence-corrected chi connectivity index (χ1v) is 10.4. The molecule has 2 amide bonds. The van der Waals surface area contributed by atoms with Gasteiger partial charge in [-0.3, -0.25) is 9.59 Å². The quantitative estimate of drug-likeness (QED) is 0.469. The van der Waals surface area contributed by atoms with E-state index in [1.807, 2.05) is 0 Å². The van der Waals surface area contributed by atoms with E-state index in [1.54, 1.807) is 54.6 Å². The number of hydrogen-bond donors (Lipinski definition) is 2. The molecule has 3 aromatic carbocycles. The number of halogens is 2. The third-order valence-corrected chi connectivity index (χ3v) is 5.22. The fraction of sp³-hybridized carbons (Fsp3) is 0.200. The Morgan fingerprint density at radius 2 is 1.58 bits per heavy atom. The van der Waals surface area contributed by atoms with Crippen molar-refractivity contribution < 1.29 is 27.8 Å². The summed E-state index contributed by atoms with van der Waals surface area (Å²) in [6.45, 7) is -2.98. The molecule has 0 unspecified atom stereocenters. The fourth-order valence-electron chi connectivity index (χ4n) is 3.30. The molecule has 0 atom stereocenters. The van der Waals surface area contributed by atoms with Crippen molar-refractivity contribution in [1.82, 2.24) is 0 Å². The van der Waals surface area contributed by atoms with Crippen molar-refractivity contribution in [3.8, 4) is 22.6 Å². The molecule has 0 radical (unpaired) electrons. The molecule has 2 N–H and O–H groups in total. The highest BCUT2D eigenvalue weighted by molar-refractivity contribution is 6.05. The number of rotatable bonds is 8. The number of hydrogen-bond acceptors (Lipinski definition) is 4. The second kappa shape index (κ2) is 9.68. The lowest BCUT2D eigenvalue weighted by atomic mass is 10.0. The number of alkyl halides is 2. The van der Waals surface area contributed by atoms with E-state index in [1.165, 1.54) is 19.2 Å². The summed E-state index contributed by atoms with van der Waals surface area (Å²) in [7, 11) is 1.53. The minimum absolute atomic E-state index is 0.00984. The summed E-state index contributed by atoms with van der Waals surface area (Å²) in [6, 6.07) is 17.8. The smallest absolute Gasteiger partial charge is 0.387 e. The fourth-order valence-corrected chi connectivity index (χ4v) is 3.30. The number of carbonyl (C=O) groups excluding carboxylic acids is 2. The zero-order valence-electron chi connectivity index (χ0n) is 17.8. The number of amides is 2. The Bertz CT molecular complexity index is 1140. The van der Waals surface area contributed by atoms with E-state index in [0.29, 0.717) is 33.8 Å². The molecule has 0 saturated heterocycles. The molecule has 6 nitrogen and oxygen atoms in total. The van der Waals surface area contributed by atoms with Crippen LogP contribution in [0.25, 0.3) is 11.1 Å². The number of benzene rings is 3. The van der Waals surface area contributed by atoms with Gasteiger partial charge in [0.05, 0.1) is 7.11 Å². The van der Waals surface area contributed by atoms with Gasteiger partial charge in [-0.2, -0.15) is 8.78 Å².